The Morgan fingerprint density at radius 3 is 2.35 bits per heavy atom. The summed E-state index contributed by atoms with van der Waals surface area (Å²) in [6, 6.07) is 12.0. The zero-order valence-corrected chi connectivity index (χ0v) is 12.3. The van der Waals surface area contributed by atoms with Gasteiger partial charge in [-0.05, 0) is 32.4 Å². The lowest BCUT2D eigenvalue weighted by Gasteiger charge is -2.19. The van der Waals surface area contributed by atoms with Gasteiger partial charge in [0.1, 0.15) is 5.69 Å². The van der Waals surface area contributed by atoms with Crippen LogP contribution in [0.4, 0.5) is 0 Å². The molecule has 1 amide bonds. The number of pyridine rings is 1. The van der Waals surface area contributed by atoms with Crippen LogP contribution in [0.25, 0.3) is 11.1 Å². The van der Waals surface area contributed by atoms with Crippen LogP contribution in [-0.2, 0) is 0 Å². The lowest BCUT2D eigenvalue weighted by molar-refractivity contribution is 0.0768. The zero-order valence-electron chi connectivity index (χ0n) is 12.3. The fourth-order valence-corrected chi connectivity index (χ4v) is 2.20. The second kappa shape index (κ2) is 6.33. The SMILES string of the molecule is CCN(CC)C(=O)c1ncccc1-c1ccc(C)cc1. The molecule has 0 saturated heterocycles. The van der Waals surface area contributed by atoms with Crippen LogP contribution in [0.5, 0.6) is 0 Å². The van der Waals surface area contributed by atoms with Gasteiger partial charge in [0.05, 0.1) is 0 Å². The summed E-state index contributed by atoms with van der Waals surface area (Å²) in [7, 11) is 0. The quantitative estimate of drug-likeness (QED) is 0.849. The lowest BCUT2D eigenvalue weighted by atomic mass is 10.0. The number of carbonyl (C=O) groups is 1. The maximum absolute atomic E-state index is 12.5. The second-order valence-electron chi connectivity index (χ2n) is 4.74. The zero-order chi connectivity index (χ0) is 14.5. The summed E-state index contributed by atoms with van der Waals surface area (Å²) in [6.07, 6.45) is 1.68. The summed E-state index contributed by atoms with van der Waals surface area (Å²) < 4.78 is 0. The molecule has 0 radical (unpaired) electrons. The number of nitrogens with zero attached hydrogens (tertiary/aromatic N) is 2. The molecule has 1 aromatic heterocycles. The molecule has 20 heavy (non-hydrogen) atoms. The minimum absolute atomic E-state index is 0.00817. The third-order valence-electron chi connectivity index (χ3n) is 3.42. The number of carbonyl (C=O) groups excluding carboxylic acids is 1. The molecule has 2 aromatic rings. The van der Waals surface area contributed by atoms with Crippen LogP contribution in [0.15, 0.2) is 42.6 Å². The molecule has 1 aromatic carbocycles. The van der Waals surface area contributed by atoms with E-state index in [0.29, 0.717) is 18.8 Å². The van der Waals surface area contributed by atoms with Gasteiger partial charge in [0, 0.05) is 24.8 Å². The first kappa shape index (κ1) is 14.3. The predicted molar refractivity (Wildman–Crippen MR) is 81.7 cm³/mol. The first-order chi connectivity index (χ1) is 9.67. The van der Waals surface area contributed by atoms with Crippen LogP contribution in [0.2, 0.25) is 0 Å². The van der Waals surface area contributed by atoms with Crippen LogP contribution in [0.1, 0.15) is 29.9 Å². The van der Waals surface area contributed by atoms with Gasteiger partial charge < -0.3 is 4.90 Å². The molecule has 0 aliphatic heterocycles. The largest absolute Gasteiger partial charge is 0.338 e. The molecule has 0 saturated carbocycles. The number of aryl methyl sites for hydroxylation is 1. The standard InChI is InChI=1S/C17H20N2O/c1-4-19(5-2)17(20)16-15(7-6-12-18-16)14-10-8-13(3)9-11-14/h6-12H,4-5H2,1-3H3. The van der Waals surface area contributed by atoms with Crippen LogP contribution < -0.4 is 0 Å². The molecule has 0 N–H and O–H groups in total. The van der Waals surface area contributed by atoms with Crippen molar-refractivity contribution in [3.05, 3.63) is 53.9 Å². The van der Waals surface area contributed by atoms with E-state index < -0.39 is 0 Å². The Morgan fingerprint density at radius 2 is 1.75 bits per heavy atom. The molecule has 0 unspecified atom stereocenters. The summed E-state index contributed by atoms with van der Waals surface area (Å²) in [4.78, 5) is 18.6. The summed E-state index contributed by atoms with van der Waals surface area (Å²) in [5.41, 5.74) is 3.65. The molecule has 104 valence electrons. The molecule has 1 heterocycles. The van der Waals surface area contributed by atoms with Crippen molar-refractivity contribution in [2.24, 2.45) is 0 Å². The molecular formula is C17H20N2O. The third kappa shape index (κ3) is 2.87. The Kier molecular flexibility index (Phi) is 4.51. The highest BCUT2D eigenvalue weighted by molar-refractivity contribution is 5.98. The highest BCUT2D eigenvalue weighted by atomic mass is 16.2. The van der Waals surface area contributed by atoms with Gasteiger partial charge in [-0.25, -0.2) is 0 Å². The summed E-state index contributed by atoms with van der Waals surface area (Å²) in [5, 5.41) is 0. The Bertz CT molecular complexity index is 586. The van der Waals surface area contributed by atoms with E-state index in [1.807, 2.05) is 50.2 Å². The summed E-state index contributed by atoms with van der Waals surface area (Å²) in [5.74, 6) is -0.00817. The molecule has 0 aliphatic rings. The van der Waals surface area contributed by atoms with Crippen LogP contribution >= 0.6 is 0 Å². The monoisotopic (exact) mass is 268 g/mol. The molecule has 3 nitrogen and oxygen atoms in total. The topological polar surface area (TPSA) is 33.2 Å². The third-order valence-corrected chi connectivity index (χ3v) is 3.42. The normalized spacial score (nSPS) is 10.3. The maximum Gasteiger partial charge on any atom is 0.273 e. The van der Waals surface area contributed by atoms with Crippen molar-refractivity contribution < 1.29 is 4.79 Å². The van der Waals surface area contributed by atoms with Crippen LogP contribution in [0, 0.1) is 6.92 Å². The molecule has 0 bridgehead atoms. The molecule has 0 fully saturated rings. The Balaban J connectivity index is 2.45. The molecule has 0 atom stereocenters. The highest BCUT2D eigenvalue weighted by Crippen LogP contribution is 2.23. The number of hydrogen-bond donors (Lipinski definition) is 0. The van der Waals surface area contributed by atoms with Crippen LogP contribution in [-0.4, -0.2) is 28.9 Å². The fourth-order valence-electron chi connectivity index (χ4n) is 2.20. The fraction of sp³-hybridized carbons (Fsp3) is 0.294. The first-order valence-electron chi connectivity index (χ1n) is 6.98. The van der Waals surface area contributed by atoms with E-state index in [1.165, 1.54) is 5.56 Å². The molecule has 0 aliphatic carbocycles. The van der Waals surface area contributed by atoms with E-state index >= 15 is 0 Å². The number of benzene rings is 1. The van der Waals surface area contributed by atoms with Crippen molar-refractivity contribution in [1.29, 1.82) is 0 Å². The van der Waals surface area contributed by atoms with E-state index in [1.54, 1.807) is 11.1 Å². The van der Waals surface area contributed by atoms with Gasteiger partial charge >= 0.3 is 0 Å². The lowest BCUT2D eigenvalue weighted by Crippen LogP contribution is -2.31. The van der Waals surface area contributed by atoms with Gasteiger partial charge in [-0.2, -0.15) is 0 Å². The minimum Gasteiger partial charge on any atom is -0.338 e. The van der Waals surface area contributed by atoms with E-state index in [2.05, 4.69) is 11.9 Å². The van der Waals surface area contributed by atoms with Gasteiger partial charge in [-0.3, -0.25) is 9.78 Å². The van der Waals surface area contributed by atoms with Gasteiger partial charge in [0.25, 0.3) is 5.91 Å². The van der Waals surface area contributed by atoms with Crippen molar-refractivity contribution in [2.45, 2.75) is 20.8 Å². The first-order valence-corrected chi connectivity index (χ1v) is 6.98. The molecule has 2 rings (SSSR count). The van der Waals surface area contributed by atoms with Crippen molar-refractivity contribution in [3.8, 4) is 11.1 Å². The number of aromatic nitrogens is 1. The average Bonchev–Trinajstić information content (AvgIpc) is 2.49. The predicted octanol–water partition coefficient (Wildman–Crippen LogP) is 3.54. The van der Waals surface area contributed by atoms with E-state index in [9.17, 15) is 4.79 Å². The van der Waals surface area contributed by atoms with Crippen LogP contribution in [0.3, 0.4) is 0 Å². The molecular weight excluding hydrogens is 248 g/mol. The average molecular weight is 268 g/mol. The summed E-state index contributed by atoms with van der Waals surface area (Å²) >= 11 is 0. The van der Waals surface area contributed by atoms with E-state index in [0.717, 1.165) is 11.1 Å². The maximum atomic E-state index is 12.5. The van der Waals surface area contributed by atoms with Crippen molar-refractivity contribution in [3.63, 3.8) is 0 Å². The van der Waals surface area contributed by atoms with E-state index in [4.69, 9.17) is 0 Å². The smallest absolute Gasteiger partial charge is 0.273 e. The van der Waals surface area contributed by atoms with Crippen molar-refractivity contribution in [2.75, 3.05) is 13.1 Å². The number of rotatable bonds is 4. The van der Waals surface area contributed by atoms with Gasteiger partial charge in [0.15, 0.2) is 0 Å². The second-order valence-corrected chi connectivity index (χ2v) is 4.74. The van der Waals surface area contributed by atoms with Gasteiger partial charge in [-0.15, -0.1) is 0 Å². The summed E-state index contributed by atoms with van der Waals surface area (Å²) in [6.45, 7) is 7.40. The number of hydrogen-bond acceptors (Lipinski definition) is 2. The Morgan fingerprint density at radius 1 is 1.10 bits per heavy atom. The van der Waals surface area contributed by atoms with E-state index in [-0.39, 0.29) is 5.91 Å². The molecule has 0 spiro atoms. The van der Waals surface area contributed by atoms with Gasteiger partial charge in [-0.1, -0.05) is 35.9 Å². The van der Waals surface area contributed by atoms with Crippen molar-refractivity contribution in [1.82, 2.24) is 9.88 Å². The highest BCUT2D eigenvalue weighted by Gasteiger charge is 2.18. The number of amides is 1. The van der Waals surface area contributed by atoms with Crippen molar-refractivity contribution >= 4 is 5.91 Å². The Labute approximate surface area is 120 Å². The minimum atomic E-state index is -0.00817. The molecule has 3 heteroatoms. The Hall–Kier alpha value is -2.16. The van der Waals surface area contributed by atoms with Gasteiger partial charge in [0.2, 0.25) is 0 Å².